The van der Waals surface area contributed by atoms with Gasteiger partial charge in [-0.3, -0.25) is 4.79 Å². The number of carbonyl (C=O) groups is 2. The van der Waals surface area contributed by atoms with Crippen LogP contribution in [-0.2, 0) is 19.6 Å². The van der Waals surface area contributed by atoms with Crippen molar-refractivity contribution < 1.29 is 22.7 Å². The first-order valence-corrected chi connectivity index (χ1v) is 11.3. The molecule has 0 saturated carbocycles. The van der Waals surface area contributed by atoms with Gasteiger partial charge in [0.15, 0.2) is 0 Å². The molecule has 0 heterocycles. The molecule has 0 unspecified atom stereocenters. The van der Waals surface area contributed by atoms with E-state index in [4.69, 9.17) is 9.88 Å². The van der Waals surface area contributed by atoms with E-state index in [-0.39, 0.29) is 10.5 Å². The van der Waals surface area contributed by atoms with Crippen molar-refractivity contribution in [2.75, 3.05) is 19.1 Å². The molecule has 2 aromatic rings. The molecule has 0 aliphatic heterocycles. The van der Waals surface area contributed by atoms with Gasteiger partial charge in [-0.15, -0.1) is 0 Å². The number of rotatable bonds is 8. The Balaban J connectivity index is 2.45. The first-order chi connectivity index (χ1) is 13.3. The molecule has 0 aromatic heterocycles. The van der Waals surface area contributed by atoms with E-state index in [0.717, 1.165) is 0 Å². The number of hydrogen-bond acceptors (Lipinski definition) is 6. The highest BCUT2D eigenvalue weighted by atomic mass is 32.2. The predicted molar refractivity (Wildman–Crippen MR) is 110 cm³/mol. The number of nitrogens with two attached hydrogens (primary N) is 1. The molecule has 3 N–H and O–H groups in total. The van der Waals surface area contributed by atoms with Crippen molar-refractivity contribution in [1.29, 1.82) is 0 Å². The van der Waals surface area contributed by atoms with Gasteiger partial charge < -0.3 is 10.1 Å². The summed E-state index contributed by atoms with van der Waals surface area (Å²) in [7, 11) is -2.68. The molecule has 9 heteroatoms. The highest BCUT2D eigenvalue weighted by Gasteiger charge is 2.24. The molecule has 1 amide bonds. The van der Waals surface area contributed by atoms with Crippen LogP contribution in [0.3, 0.4) is 0 Å². The van der Waals surface area contributed by atoms with Gasteiger partial charge in [-0.1, -0.05) is 30.3 Å². The number of primary sulfonamides is 1. The van der Waals surface area contributed by atoms with Crippen LogP contribution < -0.4 is 10.5 Å². The molecule has 150 valence electrons. The number of methoxy groups -OCH3 is 1. The zero-order valence-electron chi connectivity index (χ0n) is 15.5. The number of carbonyl (C=O) groups excluding carboxylic acids is 2. The van der Waals surface area contributed by atoms with Crippen LogP contribution in [0.4, 0.5) is 0 Å². The summed E-state index contributed by atoms with van der Waals surface area (Å²) in [5.74, 6) is -0.378. The largest absolute Gasteiger partial charge is 0.467 e. The predicted octanol–water partition coefficient (Wildman–Crippen LogP) is 2.03. The van der Waals surface area contributed by atoms with Crippen molar-refractivity contribution in [1.82, 2.24) is 5.32 Å². The fraction of sp³-hybridized carbons (Fsp3) is 0.263. The second-order valence-electron chi connectivity index (χ2n) is 5.95. The van der Waals surface area contributed by atoms with Gasteiger partial charge in [0, 0.05) is 5.56 Å². The lowest BCUT2D eigenvalue weighted by molar-refractivity contribution is -0.142. The lowest BCUT2D eigenvalue weighted by atomic mass is 9.99. The molecular formula is C19H22N2O5S2. The van der Waals surface area contributed by atoms with Crippen molar-refractivity contribution in [3.05, 3.63) is 54.1 Å². The van der Waals surface area contributed by atoms with Crippen molar-refractivity contribution in [2.24, 2.45) is 5.14 Å². The maximum absolute atomic E-state index is 12.9. The standard InChI is InChI=1S/C19H22N2O5S2/c1-26-19(23)17(10-11-27-2)21-18(22)15-9-8-14(28(20,24)25)12-16(15)13-6-4-3-5-7-13/h3-9,12,17H,10-11H2,1-2H3,(H,21,22)(H2,20,24,25)/t17-/m0/s1. The van der Waals surface area contributed by atoms with E-state index in [1.54, 1.807) is 36.0 Å². The van der Waals surface area contributed by atoms with Crippen molar-refractivity contribution >= 4 is 33.7 Å². The lowest BCUT2D eigenvalue weighted by Gasteiger charge is -2.18. The highest BCUT2D eigenvalue weighted by Crippen LogP contribution is 2.26. The molecule has 0 aliphatic rings. The molecule has 0 spiro atoms. The van der Waals surface area contributed by atoms with Gasteiger partial charge in [0.2, 0.25) is 10.0 Å². The van der Waals surface area contributed by atoms with Crippen LogP contribution in [0.5, 0.6) is 0 Å². The average molecular weight is 423 g/mol. The molecule has 0 aliphatic carbocycles. The normalized spacial score (nSPS) is 12.2. The summed E-state index contributed by atoms with van der Waals surface area (Å²) in [6.45, 7) is 0. The summed E-state index contributed by atoms with van der Waals surface area (Å²) in [6.07, 6.45) is 2.31. The Morgan fingerprint density at radius 3 is 2.43 bits per heavy atom. The van der Waals surface area contributed by atoms with E-state index in [9.17, 15) is 18.0 Å². The molecular weight excluding hydrogens is 400 g/mol. The van der Waals surface area contributed by atoms with Gasteiger partial charge >= 0.3 is 5.97 Å². The fourth-order valence-corrected chi connectivity index (χ4v) is 3.63. The lowest BCUT2D eigenvalue weighted by Crippen LogP contribution is -2.42. The number of esters is 1. The van der Waals surface area contributed by atoms with Gasteiger partial charge in [-0.2, -0.15) is 11.8 Å². The summed E-state index contributed by atoms with van der Waals surface area (Å²) in [4.78, 5) is 24.8. The molecule has 7 nitrogen and oxygen atoms in total. The molecule has 2 aromatic carbocycles. The molecule has 2 rings (SSSR count). The van der Waals surface area contributed by atoms with E-state index in [0.29, 0.717) is 23.3 Å². The zero-order valence-corrected chi connectivity index (χ0v) is 17.2. The van der Waals surface area contributed by atoms with E-state index in [1.165, 1.54) is 25.3 Å². The van der Waals surface area contributed by atoms with Crippen LogP contribution in [0.2, 0.25) is 0 Å². The second-order valence-corrected chi connectivity index (χ2v) is 8.50. The van der Waals surface area contributed by atoms with Crippen molar-refractivity contribution in [3.63, 3.8) is 0 Å². The summed E-state index contributed by atoms with van der Waals surface area (Å²) in [5, 5.41) is 7.91. The minimum absolute atomic E-state index is 0.102. The molecule has 1 atom stereocenters. The van der Waals surface area contributed by atoms with E-state index in [1.807, 2.05) is 12.3 Å². The summed E-state index contributed by atoms with van der Waals surface area (Å²) >= 11 is 1.55. The molecule has 0 saturated heterocycles. The molecule has 0 radical (unpaired) electrons. The Labute approximate surface area is 168 Å². The fourth-order valence-electron chi connectivity index (χ4n) is 2.62. The van der Waals surface area contributed by atoms with Gasteiger partial charge in [-0.05, 0) is 47.8 Å². The van der Waals surface area contributed by atoms with E-state index in [2.05, 4.69) is 5.32 Å². The summed E-state index contributed by atoms with van der Waals surface area (Å²) in [6, 6.07) is 12.1. The monoisotopic (exact) mass is 422 g/mol. The maximum atomic E-state index is 12.9. The first kappa shape index (κ1) is 21.9. The Morgan fingerprint density at radius 1 is 1.18 bits per heavy atom. The third-order valence-corrected chi connectivity index (χ3v) is 5.61. The van der Waals surface area contributed by atoms with E-state index >= 15 is 0 Å². The number of sulfonamides is 1. The van der Waals surface area contributed by atoms with Gasteiger partial charge in [0.25, 0.3) is 5.91 Å². The number of thioether (sulfide) groups is 1. The van der Waals surface area contributed by atoms with Crippen LogP contribution in [0, 0.1) is 0 Å². The summed E-state index contributed by atoms with van der Waals surface area (Å²) < 4.78 is 28.2. The van der Waals surface area contributed by atoms with Crippen molar-refractivity contribution in [3.8, 4) is 11.1 Å². The van der Waals surface area contributed by atoms with Crippen LogP contribution in [0.15, 0.2) is 53.4 Å². The number of nitrogens with one attached hydrogen (secondary N) is 1. The number of ether oxygens (including phenoxy) is 1. The zero-order chi connectivity index (χ0) is 20.7. The Morgan fingerprint density at radius 2 is 1.86 bits per heavy atom. The van der Waals surface area contributed by atoms with Crippen LogP contribution in [0.1, 0.15) is 16.8 Å². The third kappa shape index (κ3) is 5.57. The highest BCUT2D eigenvalue weighted by molar-refractivity contribution is 7.98. The van der Waals surface area contributed by atoms with Gasteiger partial charge in [-0.25, -0.2) is 18.4 Å². The Bertz CT molecular complexity index is 946. The smallest absolute Gasteiger partial charge is 0.328 e. The first-order valence-electron chi connectivity index (χ1n) is 8.38. The maximum Gasteiger partial charge on any atom is 0.328 e. The molecule has 0 bridgehead atoms. The van der Waals surface area contributed by atoms with Crippen molar-refractivity contribution in [2.45, 2.75) is 17.4 Å². The van der Waals surface area contributed by atoms with Crippen LogP contribution in [-0.4, -0.2) is 45.5 Å². The minimum Gasteiger partial charge on any atom is -0.467 e. The second kappa shape index (κ2) is 9.72. The van der Waals surface area contributed by atoms with Gasteiger partial charge in [0.05, 0.1) is 12.0 Å². The number of hydrogen-bond donors (Lipinski definition) is 2. The molecule has 0 fully saturated rings. The quantitative estimate of drug-likeness (QED) is 0.629. The van der Waals surface area contributed by atoms with Gasteiger partial charge in [0.1, 0.15) is 6.04 Å². The summed E-state index contributed by atoms with van der Waals surface area (Å²) in [5.41, 5.74) is 1.28. The number of amides is 1. The minimum atomic E-state index is -3.94. The van der Waals surface area contributed by atoms with Crippen LogP contribution in [0.25, 0.3) is 11.1 Å². The number of benzene rings is 2. The van der Waals surface area contributed by atoms with E-state index < -0.39 is 27.9 Å². The van der Waals surface area contributed by atoms with Crippen LogP contribution >= 0.6 is 11.8 Å². The topological polar surface area (TPSA) is 116 Å². The Hall–Kier alpha value is -2.36. The Kier molecular flexibility index (Phi) is 7.61. The SMILES string of the molecule is COC(=O)[C@H](CCSC)NC(=O)c1ccc(S(N)(=O)=O)cc1-c1ccccc1. The average Bonchev–Trinajstić information content (AvgIpc) is 2.69. The molecule has 28 heavy (non-hydrogen) atoms. The third-order valence-electron chi connectivity index (χ3n) is 4.05.